The van der Waals surface area contributed by atoms with Crippen LogP contribution >= 0.6 is 0 Å². The quantitative estimate of drug-likeness (QED) is 0.288. The van der Waals surface area contributed by atoms with Gasteiger partial charge in [-0.05, 0) is 66.7 Å². The standard InChI is InChI=1S/C27H27N5.C2H6/c1-28-23-6-4-5-22(17-23)19-9-11-20(12-10-19)27(21-13-15-29-16-14-21)30-18-26-31-24-7-2-3-8-25(24)32-26;1-2/h2-12,17,21,27,29-30H,13-16,18H2,(H,31,32);1-2H3. The Morgan fingerprint density at radius 1 is 0.971 bits per heavy atom. The van der Waals surface area contributed by atoms with Crippen LogP contribution in [0.5, 0.6) is 0 Å². The number of nitrogens with zero attached hydrogens (tertiary/aromatic N) is 2. The zero-order valence-corrected chi connectivity index (χ0v) is 20.0. The molecule has 1 unspecified atom stereocenters. The Bertz CT molecular complexity index is 1200. The second-order valence-electron chi connectivity index (χ2n) is 8.43. The molecule has 0 spiro atoms. The van der Waals surface area contributed by atoms with Gasteiger partial charge in [0.25, 0.3) is 0 Å². The Morgan fingerprint density at radius 2 is 1.74 bits per heavy atom. The molecule has 1 aliphatic rings. The van der Waals surface area contributed by atoms with Crippen molar-refractivity contribution in [2.24, 2.45) is 5.92 Å². The highest BCUT2D eigenvalue weighted by molar-refractivity contribution is 5.74. The number of nitrogens with one attached hydrogen (secondary N) is 3. The van der Waals surface area contributed by atoms with Gasteiger partial charge in [0.2, 0.25) is 0 Å². The molecule has 1 fully saturated rings. The monoisotopic (exact) mass is 451 g/mol. The molecule has 3 aromatic carbocycles. The Kier molecular flexibility index (Phi) is 8.08. The van der Waals surface area contributed by atoms with E-state index in [-0.39, 0.29) is 6.04 Å². The van der Waals surface area contributed by atoms with Crippen LogP contribution in [0.25, 0.3) is 27.0 Å². The lowest BCUT2D eigenvalue weighted by atomic mass is 9.85. The largest absolute Gasteiger partial charge is 0.341 e. The van der Waals surface area contributed by atoms with Crippen LogP contribution in [0.15, 0.2) is 72.8 Å². The molecular formula is C29H33N5. The van der Waals surface area contributed by atoms with Crippen molar-refractivity contribution in [1.29, 1.82) is 0 Å². The molecule has 5 rings (SSSR count). The van der Waals surface area contributed by atoms with E-state index in [9.17, 15) is 0 Å². The molecule has 5 heteroatoms. The number of benzene rings is 3. The predicted molar refractivity (Wildman–Crippen MR) is 141 cm³/mol. The number of fused-ring (bicyclic) bond motifs is 1. The molecule has 4 aromatic rings. The van der Waals surface area contributed by atoms with Crippen molar-refractivity contribution in [3.8, 4) is 11.1 Å². The number of aromatic amines is 1. The van der Waals surface area contributed by atoms with E-state index >= 15 is 0 Å². The van der Waals surface area contributed by atoms with Crippen molar-refractivity contribution >= 4 is 16.7 Å². The topological polar surface area (TPSA) is 57.1 Å². The first-order valence-corrected chi connectivity index (χ1v) is 12.3. The van der Waals surface area contributed by atoms with Gasteiger partial charge in [-0.15, -0.1) is 0 Å². The minimum absolute atomic E-state index is 0.272. The lowest BCUT2D eigenvalue weighted by Gasteiger charge is -2.32. The van der Waals surface area contributed by atoms with Crippen molar-refractivity contribution in [2.75, 3.05) is 13.1 Å². The van der Waals surface area contributed by atoms with Crippen LogP contribution < -0.4 is 10.6 Å². The average molecular weight is 452 g/mol. The van der Waals surface area contributed by atoms with Gasteiger partial charge in [0.15, 0.2) is 5.69 Å². The minimum Gasteiger partial charge on any atom is -0.341 e. The van der Waals surface area contributed by atoms with Crippen LogP contribution in [0.3, 0.4) is 0 Å². The molecule has 5 nitrogen and oxygen atoms in total. The number of hydrogen-bond donors (Lipinski definition) is 3. The number of imidazole rings is 1. The predicted octanol–water partition coefficient (Wildman–Crippen LogP) is 6.64. The summed E-state index contributed by atoms with van der Waals surface area (Å²) in [6.45, 7) is 14.1. The fraction of sp³-hybridized carbons (Fsp3) is 0.310. The number of H-pyrrole nitrogens is 1. The number of aromatic nitrogens is 2. The maximum atomic E-state index is 7.26. The van der Waals surface area contributed by atoms with Crippen LogP contribution in [0.4, 0.5) is 5.69 Å². The average Bonchev–Trinajstić information content (AvgIpc) is 3.34. The Hall–Kier alpha value is -3.46. The Balaban J connectivity index is 0.00000133. The third-order valence-corrected chi connectivity index (χ3v) is 6.36. The van der Waals surface area contributed by atoms with Gasteiger partial charge in [0.05, 0.1) is 24.2 Å². The third-order valence-electron chi connectivity index (χ3n) is 6.36. The van der Waals surface area contributed by atoms with Gasteiger partial charge in [-0.1, -0.05) is 68.4 Å². The van der Waals surface area contributed by atoms with E-state index in [1.165, 1.54) is 5.56 Å². The minimum atomic E-state index is 0.272. The fourth-order valence-corrected chi connectivity index (χ4v) is 4.67. The second kappa shape index (κ2) is 11.6. The van der Waals surface area contributed by atoms with Crippen LogP contribution in [0.1, 0.15) is 44.1 Å². The second-order valence-corrected chi connectivity index (χ2v) is 8.43. The molecular weight excluding hydrogens is 418 g/mol. The van der Waals surface area contributed by atoms with Gasteiger partial charge in [-0.2, -0.15) is 0 Å². The maximum absolute atomic E-state index is 7.26. The summed E-state index contributed by atoms with van der Waals surface area (Å²) < 4.78 is 0. The highest BCUT2D eigenvalue weighted by Crippen LogP contribution is 2.31. The van der Waals surface area contributed by atoms with Crippen LogP contribution in [-0.2, 0) is 6.54 Å². The molecule has 3 N–H and O–H groups in total. The SMILES string of the molecule is CC.[C-]#[N+]c1cccc(-c2ccc(C(NCc3nc4ccccc4[nH]3)C3CCNCC3)cc2)c1. The van der Waals surface area contributed by atoms with Gasteiger partial charge in [0.1, 0.15) is 5.82 Å². The van der Waals surface area contributed by atoms with E-state index in [2.05, 4.69) is 56.9 Å². The Morgan fingerprint density at radius 3 is 2.47 bits per heavy atom. The third kappa shape index (κ3) is 5.53. The van der Waals surface area contributed by atoms with Crippen LogP contribution in [-0.4, -0.2) is 23.1 Å². The van der Waals surface area contributed by atoms with E-state index in [0.717, 1.165) is 53.9 Å². The molecule has 0 saturated carbocycles. The van der Waals surface area contributed by atoms with Crippen molar-refractivity contribution in [3.05, 3.63) is 95.6 Å². The van der Waals surface area contributed by atoms with E-state index in [1.54, 1.807) is 0 Å². The molecule has 0 aliphatic carbocycles. The molecule has 1 aromatic heterocycles. The first-order chi connectivity index (χ1) is 16.8. The molecule has 0 bridgehead atoms. The van der Waals surface area contributed by atoms with E-state index in [4.69, 9.17) is 11.6 Å². The van der Waals surface area contributed by atoms with E-state index in [1.807, 2.05) is 50.2 Å². The molecule has 0 radical (unpaired) electrons. The van der Waals surface area contributed by atoms with Gasteiger partial charge >= 0.3 is 0 Å². The molecule has 174 valence electrons. The number of para-hydroxylation sites is 2. The summed E-state index contributed by atoms with van der Waals surface area (Å²) in [5, 5.41) is 7.28. The normalized spacial score (nSPS) is 14.7. The molecule has 1 atom stereocenters. The Labute approximate surface area is 202 Å². The first-order valence-electron chi connectivity index (χ1n) is 12.3. The van der Waals surface area contributed by atoms with Gasteiger partial charge in [0, 0.05) is 6.04 Å². The van der Waals surface area contributed by atoms with Gasteiger partial charge in [-0.25, -0.2) is 9.83 Å². The number of piperidine rings is 1. The zero-order valence-electron chi connectivity index (χ0n) is 20.0. The molecule has 1 aliphatic heterocycles. The highest BCUT2D eigenvalue weighted by atomic mass is 15.0. The van der Waals surface area contributed by atoms with E-state index < -0.39 is 0 Å². The van der Waals surface area contributed by atoms with E-state index in [0.29, 0.717) is 18.2 Å². The smallest absolute Gasteiger partial charge is 0.187 e. The molecule has 34 heavy (non-hydrogen) atoms. The highest BCUT2D eigenvalue weighted by Gasteiger charge is 2.25. The maximum Gasteiger partial charge on any atom is 0.187 e. The lowest BCUT2D eigenvalue weighted by molar-refractivity contribution is 0.280. The summed E-state index contributed by atoms with van der Waals surface area (Å²) in [7, 11) is 0. The summed E-state index contributed by atoms with van der Waals surface area (Å²) in [4.78, 5) is 11.7. The molecule has 1 saturated heterocycles. The van der Waals surface area contributed by atoms with Crippen LogP contribution in [0.2, 0.25) is 0 Å². The summed E-state index contributed by atoms with van der Waals surface area (Å²) in [6, 6.07) is 25.1. The first kappa shape index (κ1) is 23.7. The van der Waals surface area contributed by atoms with Crippen molar-refractivity contribution < 1.29 is 0 Å². The van der Waals surface area contributed by atoms with Gasteiger partial charge in [-0.3, -0.25) is 0 Å². The summed E-state index contributed by atoms with van der Waals surface area (Å²) in [6.07, 6.45) is 2.32. The fourth-order valence-electron chi connectivity index (χ4n) is 4.67. The molecule has 2 heterocycles. The van der Waals surface area contributed by atoms with Crippen molar-refractivity contribution in [2.45, 2.75) is 39.3 Å². The summed E-state index contributed by atoms with van der Waals surface area (Å²) in [5.41, 5.74) is 6.28. The summed E-state index contributed by atoms with van der Waals surface area (Å²) in [5.74, 6) is 1.55. The van der Waals surface area contributed by atoms with Crippen LogP contribution in [0, 0.1) is 12.5 Å². The summed E-state index contributed by atoms with van der Waals surface area (Å²) >= 11 is 0. The number of rotatable bonds is 6. The van der Waals surface area contributed by atoms with Gasteiger partial charge < -0.3 is 15.6 Å². The number of hydrogen-bond acceptors (Lipinski definition) is 3. The zero-order chi connectivity index (χ0) is 23.8. The lowest BCUT2D eigenvalue weighted by Crippen LogP contribution is -2.36. The van der Waals surface area contributed by atoms with Crippen molar-refractivity contribution in [3.63, 3.8) is 0 Å². The van der Waals surface area contributed by atoms with Crippen molar-refractivity contribution in [1.82, 2.24) is 20.6 Å². The molecule has 0 amide bonds.